The van der Waals surface area contributed by atoms with E-state index in [9.17, 15) is 14.0 Å². The molecule has 0 aromatic heterocycles. The Morgan fingerprint density at radius 3 is 2.13 bits per heavy atom. The van der Waals surface area contributed by atoms with Crippen LogP contribution in [0.15, 0.2) is 78.5 Å². The van der Waals surface area contributed by atoms with Gasteiger partial charge in [0.1, 0.15) is 11.5 Å². The van der Waals surface area contributed by atoms with Crippen molar-refractivity contribution < 1.29 is 14.0 Å². The highest BCUT2D eigenvalue weighted by Gasteiger charge is 2.39. The zero-order chi connectivity index (χ0) is 21.3. The molecule has 0 radical (unpaired) electrons. The molecule has 3 aromatic carbocycles. The van der Waals surface area contributed by atoms with E-state index >= 15 is 0 Å². The summed E-state index contributed by atoms with van der Waals surface area (Å²) in [5, 5.41) is 3.53. The molecular formula is C24H18ClFN2O2. The third-order valence-electron chi connectivity index (χ3n) is 4.88. The van der Waals surface area contributed by atoms with E-state index in [1.165, 1.54) is 29.2 Å². The van der Waals surface area contributed by atoms with Crippen LogP contribution < -0.4 is 5.32 Å². The third kappa shape index (κ3) is 3.98. The maximum absolute atomic E-state index is 13.3. The molecule has 1 heterocycles. The highest BCUT2D eigenvalue weighted by Crippen LogP contribution is 2.32. The molecule has 4 nitrogen and oxygen atoms in total. The minimum atomic E-state index is -0.435. The number of hydrogen-bond acceptors (Lipinski definition) is 3. The molecule has 0 bridgehead atoms. The molecule has 150 valence electrons. The standard InChI is InChI=1S/C24H18ClFN2O2/c1-15-2-4-16(5-3-15)14-28-23(29)21(17-6-8-18(25)9-7-17)22(24(28)30)27-20-12-10-19(26)11-13-20/h2-13,27H,14H2,1H3. The van der Waals surface area contributed by atoms with Gasteiger partial charge in [0.15, 0.2) is 0 Å². The van der Waals surface area contributed by atoms with E-state index in [-0.39, 0.29) is 23.6 Å². The van der Waals surface area contributed by atoms with Gasteiger partial charge in [-0.15, -0.1) is 0 Å². The smallest absolute Gasteiger partial charge is 0.278 e. The van der Waals surface area contributed by atoms with E-state index in [1.54, 1.807) is 24.3 Å². The van der Waals surface area contributed by atoms with Crippen LogP contribution in [0.3, 0.4) is 0 Å². The van der Waals surface area contributed by atoms with Gasteiger partial charge in [-0.25, -0.2) is 4.39 Å². The Labute approximate surface area is 178 Å². The first-order valence-electron chi connectivity index (χ1n) is 9.37. The van der Waals surface area contributed by atoms with Gasteiger partial charge in [-0.3, -0.25) is 14.5 Å². The van der Waals surface area contributed by atoms with Crippen LogP contribution in [-0.4, -0.2) is 16.7 Å². The molecule has 4 rings (SSSR count). The quantitative estimate of drug-likeness (QED) is 0.578. The number of hydrogen-bond donors (Lipinski definition) is 1. The van der Waals surface area contributed by atoms with Gasteiger partial charge in [0, 0.05) is 10.7 Å². The fraction of sp³-hybridized carbons (Fsp3) is 0.0833. The number of amides is 2. The van der Waals surface area contributed by atoms with Gasteiger partial charge in [0.2, 0.25) is 0 Å². The first kappa shape index (κ1) is 19.9. The highest BCUT2D eigenvalue weighted by atomic mass is 35.5. The summed E-state index contributed by atoms with van der Waals surface area (Å²) in [6.45, 7) is 2.13. The van der Waals surface area contributed by atoms with Crippen LogP contribution in [-0.2, 0) is 16.1 Å². The lowest BCUT2D eigenvalue weighted by atomic mass is 10.0. The van der Waals surface area contributed by atoms with Gasteiger partial charge < -0.3 is 5.32 Å². The molecule has 2 amide bonds. The monoisotopic (exact) mass is 420 g/mol. The molecule has 0 saturated carbocycles. The van der Waals surface area contributed by atoms with Crippen molar-refractivity contribution >= 4 is 34.7 Å². The predicted molar refractivity (Wildman–Crippen MR) is 115 cm³/mol. The molecule has 0 atom stereocenters. The molecule has 0 saturated heterocycles. The zero-order valence-corrected chi connectivity index (χ0v) is 16.9. The first-order chi connectivity index (χ1) is 14.4. The van der Waals surface area contributed by atoms with E-state index in [0.29, 0.717) is 16.3 Å². The number of halogens is 2. The van der Waals surface area contributed by atoms with Gasteiger partial charge in [-0.2, -0.15) is 0 Å². The van der Waals surface area contributed by atoms with Crippen molar-refractivity contribution in [2.75, 3.05) is 5.32 Å². The van der Waals surface area contributed by atoms with Gasteiger partial charge in [0.25, 0.3) is 11.8 Å². The first-order valence-corrected chi connectivity index (χ1v) is 9.75. The minimum Gasteiger partial charge on any atom is -0.350 e. The summed E-state index contributed by atoms with van der Waals surface area (Å²) in [5.41, 5.74) is 3.44. The van der Waals surface area contributed by atoms with E-state index < -0.39 is 11.8 Å². The SMILES string of the molecule is Cc1ccc(CN2C(=O)C(Nc3ccc(F)cc3)=C(c3ccc(Cl)cc3)C2=O)cc1. The molecule has 1 N–H and O–H groups in total. The van der Waals surface area contributed by atoms with Crippen molar-refractivity contribution in [3.63, 3.8) is 0 Å². The van der Waals surface area contributed by atoms with Crippen molar-refractivity contribution in [3.8, 4) is 0 Å². The van der Waals surface area contributed by atoms with Crippen LogP contribution in [0.4, 0.5) is 10.1 Å². The molecule has 0 spiro atoms. The number of rotatable bonds is 5. The predicted octanol–water partition coefficient (Wildman–Crippen LogP) is 5.18. The van der Waals surface area contributed by atoms with Gasteiger partial charge in [-0.05, 0) is 54.4 Å². The fourth-order valence-corrected chi connectivity index (χ4v) is 3.40. The minimum absolute atomic E-state index is 0.154. The Morgan fingerprint density at radius 1 is 0.867 bits per heavy atom. The average Bonchev–Trinajstić information content (AvgIpc) is 2.96. The van der Waals surface area contributed by atoms with Crippen LogP contribution in [0.5, 0.6) is 0 Å². The Bertz CT molecular complexity index is 1140. The van der Waals surface area contributed by atoms with Crippen molar-refractivity contribution in [2.45, 2.75) is 13.5 Å². The summed E-state index contributed by atoms with van der Waals surface area (Å²) in [6, 6.07) is 20.0. The second-order valence-corrected chi connectivity index (χ2v) is 7.51. The molecule has 1 aliphatic heterocycles. The number of aryl methyl sites for hydroxylation is 1. The summed E-state index contributed by atoms with van der Waals surface area (Å²) in [4.78, 5) is 27.6. The van der Waals surface area contributed by atoms with E-state index in [2.05, 4.69) is 5.32 Å². The summed E-state index contributed by atoms with van der Waals surface area (Å²) < 4.78 is 13.3. The van der Waals surface area contributed by atoms with Crippen LogP contribution >= 0.6 is 11.6 Å². The maximum atomic E-state index is 13.3. The van der Waals surface area contributed by atoms with Gasteiger partial charge in [0.05, 0.1) is 12.1 Å². The number of carbonyl (C=O) groups excluding carboxylic acids is 2. The Hall–Kier alpha value is -3.44. The molecule has 3 aromatic rings. The Morgan fingerprint density at radius 2 is 1.50 bits per heavy atom. The Balaban J connectivity index is 1.72. The summed E-state index contributed by atoms with van der Waals surface area (Å²) in [6.07, 6.45) is 0. The number of nitrogens with one attached hydrogen (secondary N) is 1. The van der Waals surface area contributed by atoms with E-state index in [4.69, 9.17) is 11.6 Å². The molecule has 0 fully saturated rings. The molecule has 30 heavy (non-hydrogen) atoms. The van der Waals surface area contributed by atoms with Crippen LogP contribution in [0, 0.1) is 12.7 Å². The number of benzene rings is 3. The number of anilines is 1. The third-order valence-corrected chi connectivity index (χ3v) is 5.13. The maximum Gasteiger partial charge on any atom is 0.278 e. The summed E-state index contributed by atoms with van der Waals surface area (Å²) in [5.74, 6) is -1.22. The van der Waals surface area contributed by atoms with Crippen LogP contribution in [0.1, 0.15) is 16.7 Å². The van der Waals surface area contributed by atoms with E-state index in [1.807, 2.05) is 31.2 Å². The number of nitrogens with zero attached hydrogens (tertiary/aromatic N) is 1. The Kier molecular flexibility index (Phi) is 5.38. The average molecular weight is 421 g/mol. The van der Waals surface area contributed by atoms with Crippen LogP contribution in [0.25, 0.3) is 5.57 Å². The number of imide groups is 1. The van der Waals surface area contributed by atoms with Gasteiger partial charge >= 0.3 is 0 Å². The molecule has 0 unspecified atom stereocenters. The second-order valence-electron chi connectivity index (χ2n) is 7.07. The normalized spacial score (nSPS) is 13.9. The van der Waals surface area contributed by atoms with Crippen LogP contribution in [0.2, 0.25) is 5.02 Å². The molecule has 0 aliphatic carbocycles. The zero-order valence-electron chi connectivity index (χ0n) is 16.2. The van der Waals surface area contributed by atoms with Crippen molar-refractivity contribution in [2.24, 2.45) is 0 Å². The lowest BCUT2D eigenvalue weighted by Gasteiger charge is -2.15. The summed E-state index contributed by atoms with van der Waals surface area (Å²) in [7, 11) is 0. The fourth-order valence-electron chi connectivity index (χ4n) is 3.27. The molecule has 1 aliphatic rings. The second kappa shape index (κ2) is 8.13. The molecular weight excluding hydrogens is 403 g/mol. The largest absolute Gasteiger partial charge is 0.350 e. The van der Waals surface area contributed by atoms with Crippen molar-refractivity contribution in [1.29, 1.82) is 0 Å². The molecule has 6 heteroatoms. The number of carbonyl (C=O) groups is 2. The van der Waals surface area contributed by atoms with Crippen molar-refractivity contribution in [3.05, 3.63) is 106 Å². The van der Waals surface area contributed by atoms with Crippen molar-refractivity contribution in [1.82, 2.24) is 4.90 Å². The lowest BCUT2D eigenvalue weighted by Crippen LogP contribution is -2.32. The lowest BCUT2D eigenvalue weighted by molar-refractivity contribution is -0.137. The van der Waals surface area contributed by atoms with E-state index in [0.717, 1.165) is 11.1 Å². The topological polar surface area (TPSA) is 49.4 Å². The highest BCUT2D eigenvalue weighted by molar-refractivity contribution is 6.36. The van der Waals surface area contributed by atoms with Gasteiger partial charge in [-0.1, -0.05) is 53.6 Å². The summed E-state index contributed by atoms with van der Waals surface area (Å²) >= 11 is 5.98.